The molecule has 2 atom stereocenters. The number of ether oxygens (including phenoxy) is 1. The number of carbonyl (C=O) groups excluding carboxylic acids is 2. The molecule has 3 aliphatic heterocycles. The van der Waals surface area contributed by atoms with E-state index in [0.29, 0.717) is 37.6 Å². The predicted octanol–water partition coefficient (Wildman–Crippen LogP) is 2.88. The molecular weight excluding hydrogens is 426 g/mol. The SMILES string of the molecule is CN1C(=O)C(Cc2ccccc2)NC12CCN(C(=O)C1COc3ccc(Cl)cc3C1)CC2. The number of benzene rings is 2. The summed E-state index contributed by atoms with van der Waals surface area (Å²) in [5.41, 5.74) is 1.76. The molecule has 0 aliphatic carbocycles. The van der Waals surface area contributed by atoms with Crippen LogP contribution in [0.15, 0.2) is 48.5 Å². The van der Waals surface area contributed by atoms with Crippen molar-refractivity contribution in [3.8, 4) is 5.75 Å². The van der Waals surface area contributed by atoms with E-state index in [4.69, 9.17) is 16.3 Å². The summed E-state index contributed by atoms with van der Waals surface area (Å²) in [7, 11) is 1.88. The van der Waals surface area contributed by atoms with E-state index in [1.807, 2.05) is 53.2 Å². The van der Waals surface area contributed by atoms with Crippen molar-refractivity contribution in [2.45, 2.75) is 37.4 Å². The Morgan fingerprint density at radius 1 is 1.19 bits per heavy atom. The average molecular weight is 454 g/mol. The first-order valence-electron chi connectivity index (χ1n) is 11.2. The lowest BCUT2D eigenvalue weighted by molar-refractivity contribution is -0.140. The molecule has 168 valence electrons. The Labute approximate surface area is 193 Å². The lowest BCUT2D eigenvalue weighted by Gasteiger charge is -2.44. The van der Waals surface area contributed by atoms with Gasteiger partial charge in [-0.2, -0.15) is 0 Å². The highest BCUT2D eigenvalue weighted by atomic mass is 35.5. The zero-order valence-electron chi connectivity index (χ0n) is 18.2. The molecule has 2 amide bonds. The van der Waals surface area contributed by atoms with Crippen molar-refractivity contribution in [3.63, 3.8) is 0 Å². The number of piperidine rings is 1. The van der Waals surface area contributed by atoms with E-state index in [1.54, 1.807) is 0 Å². The van der Waals surface area contributed by atoms with Crippen LogP contribution >= 0.6 is 11.6 Å². The molecule has 2 saturated heterocycles. The molecule has 7 heteroatoms. The van der Waals surface area contributed by atoms with Crippen LogP contribution < -0.4 is 10.1 Å². The van der Waals surface area contributed by atoms with Gasteiger partial charge in [-0.05, 0) is 42.2 Å². The monoisotopic (exact) mass is 453 g/mol. The van der Waals surface area contributed by atoms with Crippen molar-refractivity contribution < 1.29 is 14.3 Å². The van der Waals surface area contributed by atoms with E-state index in [0.717, 1.165) is 29.7 Å². The van der Waals surface area contributed by atoms with Crippen LogP contribution in [0.2, 0.25) is 5.02 Å². The maximum absolute atomic E-state index is 13.2. The lowest BCUT2D eigenvalue weighted by atomic mass is 9.92. The number of amides is 2. The molecule has 3 heterocycles. The van der Waals surface area contributed by atoms with E-state index in [1.165, 1.54) is 0 Å². The molecule has 1 spiro atoms. The van der Waals surface area contributed by atoms with Crippen LogP contribution in [-0.2, 0) is 22.4 Å². The van der Waals surface area contributed by atoms with Gasteiger partial charge >= 0.3 is 0 Å². The third-order valence-electron chi connectivity index (χ3n) is 7.18. The van der Waals surface area contributed by atoms with E-state index in [2.05, 4.69) is 17.4 Å². The molecular formula is C25H28ClN3O3. The van der Waals surface area contributed by atoms with E-state index >= 15 is 0 Å². The number of hydrogen-bond acceptors (Lipinski definition) is 4. The van der Waals surface area contributed by atoms with Gasteiger partial charge in [-0.1, -0.05) is 41.9 Å². The van der Waals surface area contributed by atoms with Crippen LogP contribution in [0.5, 0.6) is 5.75 Å². The van der Waals surface area contributed by atoms with E-state index in [9.17, 15) is 9.59 Å². The molecule has 5 rings (SSSR count). The standard InChI is InChI=1S/C25H28ClN3O3/c1-28-24(31)21(13-17-5-3-2-4-6-17)27-25(28)9-11-29(12-10-25)23(30)19-14-18-15-20(26)7-8-22(18)32-16-19/h2-8,15,19,21,27H,9-14,16H2,1H3. The third-order valence-corrected chi connectivity index (χ3v) is 7.41. The molecule has 0 saturated carbocycles. The first-order valence-corrected chi connectivity index (χ1v) is 11.6. The van der Waals surface area contributed by atoms with Crippen LogP contribution in [-0.4, -0.2) is 60.1 Å². The van der Waals surface area contributed by atoms with Gasteiger partial charge in [0.1, 0.15) is 12.4 Å². The largest absolute Gasteiger partial charge is 0.492 e. The Bertz CT molecular complexity index is 1020. The van der Waals surface area contributed by atoms with Crippen LogP contribution in [0.1, 0.15) is 24.0 Å². The van der Waals surface area contributed by atoms with Gasteiger partial charge in [0.25, 0.3) is 0 Å². The van der Waals surface area contributed by atoms with Crippen molar-refractivity contribution in [2.24, 2.45) is 5.92 Å². The molecule has 0 bridgehead atoms. The Hall–Kier alpha value is -2.57. The summed E-state index contributed by atoms with van der Waals surface area (Å²) in [5.74, 6) is 0.869. The molecule has 2 aromatic carbocycles. The van der Waals surface area contributed by atoms with Crippen molar-refractivity contribution in [1.29, 1.82) is 0 Å². The van der Waals surface area contributed by atoms with Gasteiger partial charge in [-0.25, -0.2) is 0 Å². The molecule has 0 aromatic heterocycles. The van der Waals surface area contributed by atoms with Gasteiger partial charge in [0.05, 0.1) is 17.6 Å². The second-order valence-corrected chi connectivity index (χ2v) is 9.54. The highest BCUT2D eigenvalue weighted by Gasteiger charge is 2.50. The number of fused-ring (bicyclic) bond motifs is 1. The average Bonchev–Trinajstić information content (AvgIpc) is 3.03. The third kappa shape index (κ3) is 3.86. The zero-order valence-corrected chi connectivity index (χ0v) is 19.0. The predicted molar refractivity (Wildman–Crippen MR) is 123 cm³/mol. The van der Waals surface area contributed by atoms with Gasteiger partial charge in [0.15, 0.2) is 0 Å². The van der Waals surface area contributed by atoms with Crippen LogP contribution in [0, 0.1) is 5.92 Å². The molecule has 0 radical (unpaired) electrons. The van der Waals surface area contributed by atoms with Crippen molar-refractivity contribution in [2.75, 3.05) is 26.7 Å². The van der Waals surface area contributed by atoms with Gasteiger partial charge in [-0.15, -0.1) is 0 Å². The number of carbonyl (C=O) groups is 2. The number of nitrogens with one attached hydrogen (secondary N) is 1. The lowest BCUT2D eigenvalue weighted by Crippen LogP contribution is -2.59. The fourth-order valence-corrected chi connectivity index (χ4v) is 5.47. The first kappa shape index (κ1) is 21.3. The second-order valence-electron chi connectivity index (χ2n) is 9.10. The minimum atomic E-state index is -0.378. The van der Waals surface area contributed by atoms with E-state index in [-0.39, 0.29) is 29.4 Å². The summed E-state index contributed by atoms with van der Waals surface area (Å²) in [4.78, 5) is 30.0. The maximum Gasteiger partial charge on any atom is 0.241 e. The van der Waals surface area contributed by atoms with Crippen molar-refractivity contribution in [1.82, 2.24) is 15.1 Å². The van der Waals surface area contributed by atoms with Crippen LogP contribution in [0.4, 0.5) is 0 Å². The van der Waals surface area contributed by atoms with Crippen molar-refractivity contribution >= 4 is 23.4 Å². The van der Waals surface area contributed by atoms with E-state index < -0.39 is 0 Å². The Kier molecular flexibility index (Phi) is 5.59. The highest BCUT2D eigenvalue weighted by Crippen LogP contribution is 2.34. The highest BCUT2D eigenvalue weighted by molar-refractivity contribution is 6.30. The maximum atomic E-state index is 13.2. The smallest absolute Gasteiger partial charge is 0.241 e. The Balaban J connectivity index is 1.22. The molecule has 2 unspecified atom stereocenters. The minimum absolute atomic E-state index is 0.123. The fraction of sp³-hybridized carbons (Fsp3) is 0.440. The Morgan fingerprint density at radius 2 is 1.94 bits per heavy atom. The zero-order chi connectivity index (χ0) is 22.3. The summed E-state index contributed by atoms with van der Waals surface area (Å²) in [5, 5.41) is 4.27. The van der Waals surface area contributed by atoms with Gasteiger partial charge < -0.3 is 14.5 Å². The summed E-state index contributed by atoms with van der Waals surface area (Å²) in [6, 6.07) is 15.4. The number of nitrogens with zero attached hydrogens (tertiary/aromatic N) is 2. The van der Waals surface area contributed by atoms with Crippen molar-refractivity contribution in [3.05, 3.63) is 64.7 Å². The number of rotatable bonds is 3. The normalized spacial score (nSPS) is 24.4. The number of halogens is 1. The minimum Gasteiger partial charge on any atom is -0.492 e. The summed E-state index contributed by atoms with van der Waals surface area (Å²) in [6.45, 7) is 1.64. The van der Waals surface area contributed by atoms with Gasteiger partial charge in [0.2, 0.25) is 11.8 Å². The van der Waals surface area contributed by atoms with Crippen LogP contribution in [0.3, 0.4) is 0 Å². The summed E-state index contributed by atoms with van der Waals surface area (Å²) in [6.07, 6.45) is 2.77. The van der Waals surface area contributed by atoms with Gasteiger partial charge in [0, 0.05) is 38.0 Å². The summed E-state index contributed by atoms with van der Waals surface area (Å²) < 4.78 is 5.83. The molecule has 32 heavy (non-hydrogen) atoms. The summed E-state index contributed by atoms with van der Waals surface area (Å²) >= 11 is 6.12. The second kappa shape index (κ2) is 8.41. The van der Waals surface area contributed by atoms with Crippen LogP contribution in [0.25, 0.3) is 0 Å². The number of likely N-dealkylation sites (tertiary alicyclic amines) is 1. The number of likely N-dealkylation sites (N-methyl/N-ethyl adjacent to an activating group) is 1. The Morgan fingerprint density at radius 3 is 2.69 bits per heavy atom. The molecule has 3 aliphatic rings. The molecule has 1 N–H and O–H groups in total. The first-order chi connectivity index (χ1) is 15.4. The quantitative estimate of drug-likeness (QED) is 0.776. The fourth-order valence-electron chi connectivity index (χ4n) is 5.27. The topological polar surface area (TPSA) is 61.9 Å². The molecule has 2 fully saturated rings. The molecule has 6 nitrogen and oxygen atoms in total. The molecule has 2 aromatic rings. The number of hydrogen-bond donors (Lipinski definition) is 1. The van der Waals surface area contributed by atoms with Gasteiger partial charge in [-0.3, -0.25) is 14.9 Å².